The average molecular weight is 270 g/mol. The smallest absolute Gasteiger partial charge is 0.408 e. The van der Waals surface area contributed by atoms with Crippen LogP contribution in [0.15, 0.2) is 0 Å². The van der Waals surface area contributed by atoms with E-state index in [4.69, 9.17) is 10.2 Å². The highest BCUT2D eigenvalue weighted by Crippen LogP contribution is 2.31. The van der Waals surface area contributed by atoms with Crippen molar-refractivity contribution in [1.82, 2.24) is 9.80 Å². The molecule has 0 aromatic heterocycles. The van der Waals surface area contributed by atoms with Gasteiger partial charge in [0.2, 0.25) is 5.91 Å². The van der Waals surface area contributed by atoms with Gasteiger partial charge in [0.05, 0.1) is 0 Å². The number of carbonyl (C=O) groups is 2. The van der Waals surface area contributed by atoms with Crippen molar-refractivity contribution in [3.63, 3.8) is 0 Å². The number of fused-ring (bicyclic) bond motifs is 1. The van der Waals surface area contributed by atoms with Crippen molar-refractivity contribution in [2.24, 2.45) is 0 Å². The van der Waals surface area contributed by atoms with Crippen LogP contribution < -0.4 is 0 Å². The van der Waals surface area contributed by atoms with Crippen molar-refractivity contribution in [3.05, 3.63) is 0 Å². The first-order valence-corrected chi connectivity index (χ1v) is 6.99. The number of piperazine rings is 1. The molecule has 0 aliphatic carbocycles. The van der Waals surface area contributed by atoms with Gasteiger partial charge in [-0.05, 0) is 39.0 Å². The monoisotopic (exact) mass is 270 g/mol. The van der Waals surface area contributed by atoms with Gasteiger partial charge in [0, 0.05) is 25.2 Å². The molecule has 0 radical (unpaired) electrons. The van der Waals surface area contributed by atoms with Crippen LogP contribution in [-0.4, -0.2) is 63.3 Å². The fourth-order valence-corrected chi connectivity index (χ4v) is 3.29. The molecule has 3 atom stereocenters. The van der Waals surface area contributed by atoms with Gasteiger partial charge in [-0.1, -0.05) is 0 Å². The number of amides is 2. The molecule has 0 unspecified atom stereocenters. The quantitative estimate of drug-likeness (QED) is 0.798. The van der Waals surface area contributed by atoms with Crippen LogP contribution in [0.4, 0.5) is 4.79 Å². The van der Waals surface area contributed by atoms with E-state index >= 15 is 0 Å². The van der Waals surface area contributed by atoms with E-state index in [2.05, 4.69) is 0 Å². The maximum Gasteiger partial charge on any atom is 0.408 e. The Morgan fingerprint density at radius 2 is 2.16 bits per heavy atom. The summed E-state index contributed by atoms with van der Waals surface area (Å²) in [5.74, 6) is -0.0821. The molecule has 0 spiro atoms. The van der Waals surface area contributed by atoms with Crippen molar-refractivity contribution < 1.29 is 19.8 Å². The summed E-state index contributed by atoms with van der Waals surface area (Å²) in [7, 11) is 0. The highest BCUT2D eigenvalue weighted by Gasteiger charge is 2.44. The van der Waals surface area contributed by atoms with Crippen molar-refractivity contribution in [1.29, 1.82) is 0 Å². The molecule has 6 heteroatoms. The van der Waals surface area contributed by atoms with E-state index in [-0.39, 0.29) is 24.6 Å². The molecule has 2 heterocycles. The number of piperidine rings is 1. The number of aliphatic hydroxyl groups is 1. The molecule has 0 saturated carbocycles. The standard InChI is InChI=1S/C13H22N2O4/c1-9-12(17)15-10(6-3-7-16)4-2-5-11(15)8-14(9)13(18)19/h9-11,16H,2-8H2,1H3,(H,18,19)/t9-,10+,11-/m0/s1. The Bertz CT molecular complexity index is 361. The molecule has 2 amide bonds. The van der Waals surface area contributed by atoms with Crippen LogP contribution in [0.3, 0.4) is 0 Å². The number of nitrogens with zero attached hydrogens (tertiary/aromatic N) is 2. The van der Waals surface area contributed by atoms with Crippen molar-refractivity contribution in [3.8, 4) is 0 Å². The second-order valence-corrected chi connectivity index (χ2v) is 5.46. The highest BCUT2D eigenvalue weighted by molar-refractivity contribution is 5.86. The molecule has 108 valence electrons. The Morgan fingerprint density at radius 1 is 1.42 bits per heavy atom. The first-order valence-electron chi connectivity index (χ1n) is 6.99. The van der Waals surface area contributed by atoms with Gasteiger partial charge in [-0.3, -0.25) is 9.69 Å². The van der Waals surface area contributed by atoms with Crippen LogP contribution in [0.2, 0.25) is 0 Å². The van der Waals surface area contributed by atoms with E-state index < -0.39 is 12.1 Å². The minimum absolute atomic E-state index is 0.0113. The van der Waals surface area contributed by atoms with Gasteiger partial charge in [0.25, 0.3) is 0 Å². The molecule has 2 aliphatic rings. The SMILES string of the molecule is C[C@H]1C(=O)N2[C@@H](CCCO)CCC[C@H]2CN1C(=O)O. The first kappa shape index (κ1) is 14.1. The molecule has 2 aliphatic heterocycles. The summed E-state index contributed by atoms with van der Waals surface area (Å²) in [6.45, 7) is 2.21. The Hall–Kier alpha value is -1.30. The summed E-state index contributed by atoms with van der Waals surface area (Å²) in [6, 6.07) is -0.419. The zero-order chi connectivity index (χ0) is 14.0. The summed E-state index contributed by atoms with van der Waals surface area (Å²) >= 11 is 0. The van der Waals surface area contributed by atoms with E-state index in [1.165, 1.54) is 4.90 Å². The number of hydrogen-bond acceptors (Lipinski definition) is 3. The summed E-state index contributed by atoms with van der Waals surface area (Å²) in [4.78, 5) is 26.7. The summed E-state index contributed by atoms with van der Waals surface area (Å²) in [5.41, 5.74) is 0. The molecule has 2 saturated heterocycles. The van der Waals surface area contributed by atoms with Crippen LogP contribution in [0.5, 0.6) is 0 Å². The topological polar surface area (TPSA) is 81.1 Å². The van der Waals surface area contributed by atoms with E-state index in [0.717, 1.165) is 25.7 Å². The van der Waals surface area contributed by atoms with Crippen LogP contribution in [-0.2, 0) is 4.79 Å². The maximum atomic E-state index is 12.4. The highest BCUT2D eigenvalue weighted by atomic mass is 16.4. The van der Waals surface area contributed by atoms with E-state index in [9.17, 15) is 9.59 Å². The maximum absolute atomic E-state index is 12.4. The third kappa shape index (κ3) is 2.68. The molecule has 6 nitrogen and oxygen atoms in total. The first-order chi connectivity index (χ1) is 9.06. The van der Waals surface area contributed by atoms with Gasteiger partial charge in [0.15, 0.2) is 0 Å². The number of hydrogen-bond donors (Lipinski definition) is 2. The lowest BCUT2D eigenvalue weighted by Crippen LogP contribution is -2.65. The fraction of sp³-hybridized carbons (Fsp3) is 0.846. The van der Waals surface area contributed by atoms with Gasteiger partial charge in [0.1, 0.15) is 6.04 Å². The summed E-state index contributed by atoms with van der Waals surface area (Å²) < 4.78 is 0. The van der Waals surface area contributed by atoms with Gasteiger partial charge >= 0.3 is 6.09 Å². The Labute approximate surface area is 113 Å². The van der Waals surface area contributed by atoms with Crippen molar-refractivity contribution in [2.45, 2.75) is 57.2 Å². The molecule has 19 heavy (non-hydrogen) atoms. The number of carbonyl (C=O) groups excluding carboxylic acids is 1. The van der Waals surface area contributed by atoms with E-state index in [0.29, 0.717) is 13.0 Å². The van der Waals surface area contributed by atoms with Crippen molar-refractivity contribution >= 4 is 12.0 Å². The Kier molecular flexibility index (Phi) is 4.29. The third-order valence-corrected chi connectivity index (χ3v) is 4.29. The molecule has 0 aromatic rings. The van der Waals surface area contributed by atoms with Crippen LogP contribution in [0, 0.1) is 0 Å². The van der Waals surface area contributed by atoms with Gasteiger partial charge < -0.3 is 15.1 Å². The molecule has 2 rings (SSSR count). The minimum atomic E-state index is -1.02. The average Bonchev–Trinajstić information content (AvgIpc) is 2.39. The zero-order valence-corrected chi connectivity index (χ0v) is 11.3. The molecular formula is C13H22N2O4. The van der Waals surface area contributed by atoms with Gasteiger partial charge in [-0.2, -0.15) is 0 Å². The van der Waals surface area contributed by atoms with Crippen LogP contribution in [0.25, 0.3) is 0 Å². The zero-order valence-electron chi connectivity index (χ0n) is 11.3. The van der Waals surface area contributed by atoms with Crippen molar-refractivity contribution in [2.75, 3.05) is 13.2 Å². The van der Waals surface area contributed by atoms with Crippen LogP contribution in [0.1, 0.15) is 39.0 Å². The van der Waals surface area contributed by atoms with E-state index in [1.807, 2.05) is 4.90 Å². The summed E-state index contributed by atoms with van der Waals surface area (Å²) in [5, 5.41) is 18.1. The predicted molar refractivity (Wildman–Crippen MR) is 68.8 cm³/mol. The lowest BCUT2D eigenvalue weighted by Gasteiger charge is -2.49. The third-order valence-electron chi connectivity index (χ3n) is 4.29. The lowest BCUT2D eigenvalue weighted by molar-refractivity contribution is -0.150. The second-order valence-electron chi connectivity index (χ2n) is 5.46. The van der Waals surface area contributed by atoms with Gasteiger partial charge in [-0.25, -0.2) is 4.79 Å². The van der Waals surface area contributed by atoms with Gasteiger partial charge in [-0.15, -0.1) is 0 Å². The van der Waals surface area contributed by atoms with Crippen LogP contribution >= 0.6 is 0 Å². The molecule has 2 fully saturated rings. The minimum Gasteiger partial charge on any atom is -0.465 e. The molecule has 2 N–H and O–H groups in total. The molecule has 0 bridgehead atoms. The van der Waals surface area contributed by atoms with E-state index in [1.54, 1.807) is 6.92 Å². The molecular weight excluding hydrogens is 248 g/mol. The second kappa shape index (κ2) is 5.77. The molecule has 0 aromatic carbocycles. The normalized spacial score (nSPS) is 31.3. The lowest BCUT2D eigenvalue weighted by atomic mass is 9.89. The number of rotatable bonds is 3. The number of aliphatic hydroxyl groups excluding tert-OH is 1. The Balaban J connectivity index is 2.13. The summed E-state index contributed by atoms with van der Waals surface area (Å²) in [6.07, 6.45) is 3.33. The fourth-order valence-electron chi connectivity index (χ4n) is 3.29. The largest absolute Gasteiger partial charge is 0.465 e. The number of carboxylic acid groups (broad SMARTS) is 1. The predicted octanol–water partition coefficient (Wildman–Crippen LogP) is 0.891. The Morgan fingerprint density at radius 3 is 2.79 bits per heavy atom.